The molecule has 2 aliphatic heterocycles. The molecule has 2 aromatic carbocycles. The van der Waals surface area contributed by atoms with Gasteiger partial charge in [0.25, 0.3) is 0 Å². The number of pyridine rings is 1. The maximum Gasteiger partial charge on any atom is 0.197 e. The number of rotatable bonds is 17. The topological polar surface area (TPSA) is 240 Å². The van der Waals surface area contributed by atoms with Crippen LogP contribution in [-0.2, 0) is 43.4 Å². The van der Waals surface area contributed by atoms with Gasteiger partial charge in [0.05, 0.1) is 50.3 Å². The molecule has 10 atom stereocenters. The van der Waals surface area contributed by atoms with Crippen LogP contribution in [0, 0.1) is 0 Å². The summed E-state index contributed by atoms with van der Waals surface area (Å²) in [6.07, 6.45) is -7.20. The molecule has 17 nitrogen and oxygen atoms in total. The van der Waals surface area contributed by atoms with Crippen LogP contribution < -0.4 is 5.43 Å². The van der Waals surface area contributed by atoms with Gasteiger partial charge in [-0.2, -0.15) is 0 Å². The first kappa shape index (κ1) is 40.0. The van der Waals surface area contributed by atoms with E-state index in [0.717, 1.165) is 47.6 Å². The number of para-hydroxylation sites is 2. The quantitative estimate of drug-likeness (QED) is 0.0402. The lowest BCUT2D eigenvalue weighted by Crippen LogP contribution is -2.64. The number of hydrogen-bond acceptors (Lipinski definition) is 15. The third-order valence-electron chi connectivity index (χ3n) is 9.68. The average molecular weight is 757 g/mol. The number of aliphatic hydroxyl groups excluding tert-OH is 7. The lowest BCUT2D eigenvalue weighted by Gasteiger charge is -2.45. The first-order valence-electron chi connectivity index (χ1n) is 18.0. The van der Waals surface area contributed by atoms with Gasteiger partial charge < -0.3 is 64.0 Å². The van der Waals surface area contributed by atoms with Gasteiger partial charge in [-0.15, -0.1) is 5.10 Å². The van der Waals surface area contributed by atoms with Crippen molar-refractivity contribution in [3.05, 3.63) is 82.8 Å². The van der Waals surface area contributed by atoms with Gasteiger partial charge in [0, 0.05) is 23.9 Å². The number of benzene rings is 2. The van der Waals surface area contributed by atoms with Crippen molar-refractivity contribution < 1.29 is 59.4 Å². The molecule has 6 rings (SSSR count). The zero-order valence-corrected chi connectivity index (χ0v) is 29.6. The highest BCUT2D eigenvalue weighted by Crippen LogP contribution is 2.29. The highest BCUT2D eigenvalue weighted by molar-refractivity contribution is 5.93. The third-order valence-corrected chi connectivity index (χ3v) is 9.68. The van der Waals surface area contributed by atoms with E-state index >= 15 is 0 Å². The number of aromatic nitrogens is 4. The Balaban J connectivity index is 0.884. The van der Waals surface area contributed by atoms with Gasteiger partial charge in [-0.3, -0.25) is 9.48 Å². The molecular formula is C37H48N4O13. The Morgan fingerprint density at radius 1 is 0.722 bits per heavy atom. The van der Waals surface area contributed by atoms with E-state index in [0.29, 0.717) is 12.2 Å². The lowest BCUT2D eigenvalue weighted by atomic mass is 9.97. The van der Waals surface area contributed by atoms with Crippen LogP contribution in [0.2, 0.25) is 0 Å². The molecule has 7 N–H and O–H groups in total. The Hall–Kier alpha value is -3.69. The zero-order valence-electron chi connectivity index (χ0n) is 29.6. The molecule has 0 unspecified atom stereocenters. The van der Waals surface area contributed by atoms with E-state index in [1.54, 1.807) is 16.8 Å². The van der Waals surface area contributed by atoms with E-state index in [1.807, 2.05) is 54.7 Å². The number of ether oxygens (including phenoxy) is 5. The zero-order chi connectivity index (χ0) is 38.2. The third kappa shape index (κ3) is 9.05. The molecule has 2 saturated heterocycles. The molecule has 4 aromatic rings. The van der Waals surface area contributed by atoms with E-state index in [9.17, 15) is 40.5 Å². The summed E-state index contributed by atoms with van der Waals surface area (Å²) in [5, 5.41) is 80.7. The Kier molecular flexibility index (Phi) is 13.9. The van der Waals surface area contributed by atoms with Crippen molar-refractivity contribution in [1.29, 1.82) is 0 Å². The second kappa shape index (κ2) is 18.8. The lowest BCUT2D eigenvalue weighted by molar-refractivity contribution is -0.358. The van der Waals surface area contributed by atoms with Gasteiger partial charge >= 0.3 is 0 Å². The summed E-state index contributed by atoms with van der Waals surface area (Å²) in [7, 11) is 0. The van der Waals surface area contributed by atoms with Crippen LogP contribution in [0.4, 0.5) is 0 Å². The van der Waals surface area contributed by atoms with Crippen molar-refractivity contribution in [2.45, 2.75) is 100 Å². The predicted molar refractivity (Wildman–Crippen MR) is 191 cm³/mol. The first-order valence-corrected chi connectivity index (χ1v) is 18.0. The number of nitrogens with zero attached hydrogens (tertiary/aromatic N) is 4. The number of hydrogen-bond donors (Lipinski definition) is 7. The summed E-state index contributed by atoms with van der Waals surface area (Å²) in [6.45, 7) is 0.596. The van der Waals surface area contributed by atoms with Crippen LogP contribution in [0.5, 0.6) is 0 Å². The summed E-state index contributed by atoms with van der Waals surface area (Å²) in [4.78, 5) is 13.0. The van der Waals surface area contributed by atoms with Gasteiger partial charge in [0.2, 0.25) is 0 Å². The molecule has 2 fully saturated rings. The van der Waals surface area contributed by atoms with Crippen molar-refractivity contribution in [1.82, 2.24) is 19.6 Å². The molecule has 2 aromatic heterocycles. The molecule has 54 heavy (non-hydrogen) atoms. The van der Waals surface area contributed by atoms with Crippen molar-refractivity contribution in [3.8, 4) is 0 Å². The summed E-state index contributed by atoms with van der Waals surface area (Å²) < 4.78 is 31.7. The monoisotopic (exact) mass is 756 g/mol. The molecule has 0 bridgehead atoms. The molecule has 4 heterocycles. The van der Waals surface area contributed by atoms with Crippen LogP contribution >= 0.6 is 0 Å². The molecular weight excluding hydrogens is 708 g/mol. The molecule has 2 aliphatic rings. The fourth-order valence-electron chi connectivity index (χ4n) is 6.76. The number of aliphatic hydroxyl groups is 7. The highest BCUT2D eigenvalue weighted by atomic mass is 16.7. The Labute approximate surface area is 310 Å². The number of aryl methyl sites for hydroxylation is 2. The molecule has 0 radical (unpaired) electrons. The predicted octanol–water partition coefficient (Wildman–Crippen LogP) is -0.670. The minimum atomic E-state index is -1.75. The average Bonchev–Trinajstić information content (AvgIpc) is 3.65. The molecule has 17 heteroatoms. The maximum atomic E-state index is 13.0. The molecule has 0 saturated carbocycles. The highest BCUT2D eigenvalue weighted by Gasteiger charge is 2.50. The van der Waals surface area contributed by atoms with E-state index < -0.39 is 74.6 Å². The van der Waals surface area contributed by atoms with Crippen molar-refractivity contribution in [2.24, 2.45) is 0 Å². The van der Waals surface area contributed by atoms with Crippen LogP contribution in [-0.4, -0.2) is 143 Å². The Bertz CT molecular complexity index is 1820. The molecule has 0 amide bonds. The smallest absolute Gasteiger partial charge is 0.197 e. The standard InChI is InChI=1S/C37H48N4O13/c42-19-27-30(45)31(46)33(48)37(52-27)54-35-28(20-43)53-36(34(49)32(35)47)51-17-9-8-16-50-21-22-18-40(39-38-22)14-6-1-7-15-41-25-12-4-2-10-23(25)29(44)24-11-3-5-13-26(24)41/h2-5,8-13,18,27-28,30-37,42-43,45-49H,1,6-7,14-17,19-21H2/b9-8+/t27-,28-,30+,31+,32-,33-,34-,35-,36-,37+/m1/s1. The van der Waals surface area contributed by atoms with Crippen molar-refractivity contribution >= 4 is 21.8 Å². The summed E-state index contributed by atoms with van der Waals surface area (Å²) in [6, 6.07) is 15.5. The molecule has 0 spiro atoms. The van der Waals surface area contributed by atoms with E-state index in [2.05, 4.69) is 14.9 Å². The van der Waals surface area contributed by atoms with Crippen LogP contribution in [0.3, 0.4) is 0 Å². The molecule has 294 valence electrons. The van der Waals surface area contributed by atoms with Gasteiger partial charge in [-0.1, -0.05) is 41.6 Å². The minimum Gasteiger partial charge on any atom is -0.394 e. The van der Waals surface area contributed by atoms with E-state index in [4.69, 9.17) is 23.7 Å². The van der Waals surface area contributed by atoms with Gasteiger partial charge in [0.15, 0.2) is 18.0 Å². The largest absolute Gasteiger partial charge is 0.394 e. The van der Waals surface area contributed by atoms with Gasteiger partial charge in [-0.05, 0) is 43.5 Å². The Morgan fingerprint density at radius 3 is 2.06 bits per heavy atom. The van der Waals surface area contributed by atoms with Crippen LogP contribution in [0.1, 0.15) is 25.0 Å². The fraction of sp³-hybridized carbons (Fsp3) is 0.541. The number of fused-ring (bicyclic) bond motifs is 2. The SMILES string of the molecule is O=c1c2ccccc2n(CCCCCn2cc(COC/C=C/CO[C@@H]3O[C@H](CO)[C@@H](O[C@@H]4O[C@H](CO)[C@H](O)[C@H](O)[C@H]4O)[C@H](O)[C@H]3O)nn2)c2ccccc12. The minimum absolute atomic E-state index is 0.0285. The van der Waals surface area contributed by atoms with Crippen molar-refractivity contribution in [3.63, 3.8) is 0 Å². The summed E-state index contributed by atoms with van der Waals surface area (Å²) in [5.41, 5.74) is 2.61. The van der Waals surface area contributed by atoms with E-state index in [1.165, 1.54) is 0 Å². The summed E-state index contributed by atoms with van der Waals surface area (Å²) in [5.74, 6) is 0. The number of unbranched alkanes of at least 4 members (excludes halogenated alkanes) is 2. The Morgan fingerprint density at radius 2 is 1.35 bits per heavy atom. The maximum absolute atomic E-state index is 13.0. The normalized spacial score (nSPS) is 29.1. The van der Waals surface area contributed by atoms with Crippen LogP contribution in [0.15, 0.2) is 71.7 Å². The van der Waals surface area contributed by atoms with E-state index in [-0.39, 0.29) is 25.2 Å². The molecule has 0 aliphatic carbocycles. The first-order chi connectivity index (χ1) is 26.2. The van der Waals surface area contributed by atoms with Crippen molar-refractivity contribution in [2.75, 3.05) is 26.4 Å². The summed E-state index contributed by atoms with van der Waals surface area (Å²) >= 11 is 0. The second-order valence-electron chi connectivity index (χ2n) is 13.4. The van der Waals surface area contributed by atoms with Crippen LogP contribution in [0.25, 0.3) is 21.8 Å². The second-order valence-corrected chi connectivity index (χ2v) is 13.4. The van der Waals surface area contributed by atoms with Gasteiger partial charge in [0.1, 0.15) is 54.5 Å². The van der Waals surface area contributed by atoms with Gasteiger partial charge in [-0.25, -0.2) is 0 Å². The fourth-order valence-corrected chi connectivity index (χ4v) is 6.76.